The van der Waals surface area contributed by atoms with Crippen molar-refractivity contribution in [2.75, 3.05) is 26.2 Å². The third-order valence-electron chi connectivity index (χ3n) is 7.59. The van der Waals surface area contributed by atoms with E-state index in [1.807, 2.05) is 11.0 Å². The molecule has 1 aromatic heterocycles. The zero-order chi connectivity index (χ0) is 24.6. The van der Waals surface area contributed by atoms with Crippen molar-refractivity contribution < 1.29 is 14.0 Å². The van der Waals surface area contributed by atoms with Crippen molar-refractivity contribution in [3.8, 4) is 17.5 Å². The molecular formula is C27H28N6O3. The minimum atomic E-state index is -0.169. The molecular weight excluding hydrogens is 456 g/mol. The van der Waals surface area contributed by atoms with Gasteiger partial charge in [-0.05, 0) is 49.2 Å². The normalized spacial score (nSPS) is 24.7. The molecule has 2 aromatic carbocycles. The Morgan fingerprint density at radius 3 is 2.75 bits per heavy atom. The van der Waals surface area contributed by atoms with E-state index >= 15 is 0 Å². The summed E-state index contributed by atoms with van der Waals surface area (Å²) in [7, 11) is 0. The van der Waals surface area contributed by atoms with E-state index in [2.05, 4.69) is 26.6 Å². The first-order valence-electron chi connectivity index (χ1n) is 12.6. The Balaban J connectivity index is 1.12. The molecule has 2 N–H and O–H groups in total. The quantitative estimate of drug-likeness (QED) is 0.587. The number of hydrogen-bond donors (Lipinski definition) is 2. The summed E-state index contributed by atoms with van der Waals surface area (Å²) < 4.78 is 5.93. The van der Waals surface area contributed by atoms with E-state index in [0.717, 1.165) is 24.8 Å². The molecule has 9 nitrogen and oxygen atoms in total. The fourth-order valence-corrected chi connectivity index (χ4v) is 5.60. The average molecular weight is 485 g/mol. The molecule has 2 saturated heterocycles. The molecule has 3 aromatic rings. The van der Waals surface area contributed by atoms with E-state index in [0.29, 0.717) is 54.3 Å². The fourth-order valence-electron chi connectivity index (χ4n) is 5.60. The number of benzene rings is 2. The molecule has 9 heteroatoms. The second kappa shape index (κ2) is 9.37. The van der Waals surface area contributed by atoms with Crippen LogP contribution in [0.4, 0.5) is 0 Å². The zero-order valence-electron chi connectivity index (χ0n) is 19.9. The van der Waals surface area contributed by atoms with Gasteiger partial charge in [-0.15, -0.1) is 0 Å². The number of oxazole rings is 1. The molecule has 3 heterocycles. The van der Waals surface area contributed by atoms with Crippen molar-refractivity contribution in [1.82, 2.24) is 25.4 Å². The van der Waals surface area contributed by atoms with E-state index in [-0.39, 0.29) is 30.1 Å². The molecule has 0 radical (unpaired) electrons. The standard InChI is InChI=1S/C27H28N6O3/c28-16-17-4-3-5-18(14-17)25-29-22-9-8-19(15-23(22)36-25)26(35)32-10-12-33(13-11-32)27-30-21-7-2-1-6-20(21)24(34)31-27/h3-5,8-9,14-15,20-21,27,30H,1-2,6-7,10-13H2,(H,31,34). The van der Waals surface area contributed by atoms with Crippen LogP contribution in [-0.2, 0) is 4.79 Å². The Kier molecular flexibility index (Phi) is 5.91. The number of rotatable bonds is 3. The lowest BCUT2D eigenvalue weighted by Gasteiger charge is -2.46. The maximum Gasteiger partial charge on any atom is 0.254 e. The van der Waals surface area contributed by atoms with E-state index in [1.165, 1.54) is 6.42 Å². The van der Waals surface area contributed by atoms with Gasteiger partial charge in [-0.1, -0.05) is 18.9 Å². The third kappa shape index (κ3) is 4.23. The maximum absolute atomic E-state index is 13.3. The highest BCUT2D eigenvalue weighted by Crippen LogP contribution is 2.28. The summed E-state index contributed by atoms with van der Waals surface area (Å²) in [6.07, 6.45) is 4.12. The van der Waals surface area contributed by atoms with Gasteiger partial charge in [0, 0.05) is 43.3 Å². The summed E-state index contributed by atoms with van der Waals surface area (Å²) in [5.74, 6) is 0.609. The van der Waals surface area contributed by atoms with Crippen molar-refractivity contribution in [2.45, 2.75) is 38.0 Å². The van der Waals surface area contributed by atoms with Crippen LogP contribution in [-0.4, -0.2) is 65.1 Å². The molecule has 3 atom stereocenters. The first-order chi connectivity index (χ1) is 17.6. The van der Waals surface area contributed by atoms with Crippen LogP contribution in [0.1, 0.15) is 41.6 Å². The van der Waals surface area contributed by atoms with Crippen LogP contribution in [0.25, 0.3) is 22.6 Å². The minimum Gasteiger partial charge on any atom is -0.436 e. The highest BCUT2D eigenvalue weighted by atomic mass is 16.3. The number of amides is 2. The Morgan fingerprint density at radius 1 is 1.08 bits per heavy atom. The second-order valence-electron chi connectivity index (χ2n) is 9.80. The lowest BCUT2D eigenvalue weighted by atomic mass is 9.82. The number of hydrogen-bond acceptors (Lipinski definition) is 7. The number of aromatic nitrogens is 1. The highest BCUT2D eigenvalue weighted by molar-refractivity contribution is 5.97. The molecule has 1 saturated carbocycles. The summed E-state index contributed by atoms with van der Waals surface area (Å²) in [6.45, 7) is 2.54. The first-order valence-corrected chi connectivity index (χ1v) is 12.6. The molecule has 2 amide bonds. The van der Waals surface area contributed by atoms with Gasteiger partial charge in [-0.3, -0.25) is 19.8 Å². The summed E-state index contributed by atoms with van der Waals surface area (Å²) in [5, 5.41) is 15.9. The summed E-state index contributed by atoms with van der Waals surface area (Å²) in [6, 6.07) is 14.8. The maximum atomic E-state index is 13.3. The van der Waals surface area contributed by atoms with Crippen LogP contribution in [0, 0.1) is 17.2 Å². The SMILES string of the molecule is N#Cc1cccc(-c2nc3ccc(C(=O)N4CCN(C5NC(=O)C6CCCCC6N5)CC4)cc3o2)c1. The van der Waals surface area contributed by atoms with Gasteiger partial charge in [-0.2, -0.15) is 5.26 Å². The minimum absolute atomic E-state index is 0.0473. The predicted octanol–water partition coefficient (Wildman–Crippen LogP) is 2.69. The van der Waals surface area contributed by atoms with Crippen molar-refractivity contribution in [1.29, 1.82) is 5.26 Å². The molecule has 0 bridgehead atoms. The number of piperazine rings is 1. The van der Waals surface area contributed by atoms with Crippen LogP contribution < -0.4 is 10.6 Å². The average Bonchev–Trinajstić information content (AvgIpc) is 3.36. The lowest BCUT2D eigenvalue weighted by Crippen LogP contribution is -2.69. The summed E-state index contributed by atoms with van der Waals surface area (Å²) >= 11 is 0. The molecule has 3 unspecified atom stereocenters. The van der Waals surface area contributed by atoms with E-state index in [1.54, 1.807) is 36.4 Å². The van der Waals surface area contributed by atoms with Gasteiger partial charge in [-0.25, -0.2) is 4.98 Å². The van der Waals surface area contributed by atoms with Gasteiger partial charge in [0.15, 0.2) is 5.58 Å². The summed E-state index contributed by atoms with van der Waals surface area (Å²) in [5.41, 5.74) is 3.00. The fraction of sp³-hybridized carbons (Fsp3) is 0.407. The van der Waals surface area contributed by atoms with Gasteiger partial charge < -0.3 is 14.6 Å². The number of fused-ring (bicyclic) bond motifs is 2. The van der Waals surface area contributed by atoms with Crippen LogP contribution in [0.3, 0.4) is 0 Å². The Hall–Kier alpha value is -3.74. The predicted molar refractivity (Wildman–Crippen MR) is 132 cm³/mol. The number of nitrogens with one attached hydrogen (secondary N) is 2. The summed E-state index contributed by atoms with van der Waals surface area (Å²) in [4.78, 5) is 34.4. The third-order valence-corrected chi connectivity index (χ3v) is 7.59. The van der Waals surface area contributed by atoms with E-state index < -0.39 is 0 Å². The zero-order valence-corrected chi connectivity index (χ0v) is 19.9. The van der Waals surface area contributed by atoms with Crippen LogP contribution in [0.15, 0.2) is 46.9 Å². The van der Waals surface area contributed by atoms with Crippen LogP contribution in [0.5, 0.6) is 0 Å². The monoisotopic (exact) mass is 484 g/mol. The van der Waals surface area contributed by atoms with Crippen molar-refractivity contribution in [3.63, 3.8) is 0 Å². The van der Waals surface area contributed by atoms with Gasteiger partial charge in [0.1, 0.15) is 11.8 Å². The Labute approximate surface area is 209 Å². The number of nitriles is 1. The largest absolute Gasteiger partial charge is 0.436 e. The smallest absolute Gasteiger partial charge is 0.254 e. The van der Waals surface area contributed by atoms with Gasteiger partial charge in [0.05, 0.1) is 17.6 Å². The van der Waals surface area contributed by atoms with Gasteiger partial charge in [0.2, 0.25) is 11.8 Å². The highest BCUT2D eigenvalue weighted by Gasteiger charge is 2.40. The number of nitrogens with zero attached hydrogens (tertiary/aromatic N) is 4. The molecule has 2 aliphatic heterocycles. The van der Waals surface area contributed by atoms with Crippen molar-refractivity contribution in [2.24, 2.45) is 5.92 Å². The van der Waals surface area contributed by atoms with E-state index in [9.17, 15) is 9.59 Å². The van der Waals surface area contributed by atoms with E-state index in [4.69, 9.17) is 9.68 Å². The van der Waals surface area contributed by atoms with Crippen LogP contribution >= 0.6 is 0 Å². The number of carbonyl (C=O) groups excluding carboxylic acids is 2. The van der Waals surface area contributed by atoms with Crippen molar-refractivity contribution >= 4 is 22.9 Å². The molecule has 36 heavy (non-hydrogen) atoms. The molecule has 3 aliphatic rings. The lowest BCUT2D eigenvalue weighted by molar-refractivity contribution is -0.134. The second-order valence-corrected chi connectivity index (χ2v) is 9.80. The topological polar surface area (TPSA) is 115 Å². The van der Waals surface area contributed by atoms with Gasteiger partial charge in [0.25, 0.3) is 5.91 Å². The molecule has 1 aliphatic carbocycles. The van der Waals surface area contributed by atoms with Crippen molar-refractivity contribution in [3.05, 3.63) is 53.6 Å². The van der Waals surface area contributed by atoms with Gasteiger partial charge >= 0.3 is 0 Å². The van der Waals surface area contributed by atoms with Crippen LogP contribution in [0.2, 0.25) is 0 Å². The number of carbonyl (C=O) groups is 2. The molecule has 6 rings (SSSR count). The molecule has 0 spiro atoms. The molecule has 3 fully saturated rings. The molecule has 184 valence electrons. The Bertz CT molecular complexity index is 1350. The Morgan fingerprint density at radius 2 is 1.92 bits per heavy atom. The first kappa shape index (κ1) is 22.7.